The number of nitrogens with one attached hydrogen (secondary N) is 1. The Bertz CT molecular complexity index is 547. The van der Waals surface area contributed by atoms with Crippen molar-refractivity contribution < 1.29 is 9.53 Å². The molecule has 0 atom stereocenters. The Hall–Kier alpha value is -2.29. The third-order valence-electron chi connectivity index (χ3n) is 2.57. The van der Waals surface area contributed by atoms with Crippen molar-refractivity contribution >= 4 is 11.6 Å². The second-order valence-corrected chi connectivity index (χ2v) is 3.85. The number of hydrogen-bond acceptors (Lipinski definition) is 2. The molecule has 2 aromatic rings. The molecule has 2 aromatic carbocycles. The molecule has 0 aliphatic rings. The van der Waals surface area contributed by atoms with Gasteiger partial charge in [-0.3, -0.25) is 4.79 Å². The minimum atomic E-state index is -0.167. The number of anilines is 1. The van der Waals surface area contributed by atoms with Gasteiger partial charge in [-0.05, 0) is 36.8 Å². The number of carbonyl (C=O) groups is 1. The van der Waals surface area contributed by atoms with E-state index >= 15 is 0 Å². The summed E-state index contributed by atoms with van der Waals surface area (Å²) in [7, 11) is 1.57. The van der Waals surface area contributed by atoms with Gasteiger partial charge >= 0.3 is 0 Å². The van der Waals surface area contributed by atoms with Gasteiger partial charge < -0.3 is 10.1 Å². The van der Waals surface area contributed by atoms with Gasteiger partial charge in [0.15, 0.2) is 0 Å². The highest BCUT2D eigenvalue weighted by molar-refractivity contribution is 6.05. The van der Waals surface area contributed by atoms with Gasteiger partial charge in [-0.1, -0.05) is 24.3 Å². The summed E-state index contributed by atoms with van der Waals surface area (Å²) >= 11 is 0. The number of amides is 1. The number of methoxy groups -OCH3 is 1. The highest BCUT2D eigenvalue weighted by atomic mass is 16.5. The van der Waals surface area contributed by atoms with Crippen LogP contribution in [0.2, 0.25) is 0 Å². The molecule has 0 bridgehead atoms. The van der Waals surface area contributed by atoms with Crippen LogP contribution in [-0.4, -0.2) is 13.0 Å². The van der Waals surface area contributed by atoms with Crippen LogP contribution in [-0.2, 0) is 0 Å². The second-order valence-electron chi connectivity index (χ2n) is 3.85. The molecule has 0 aromatic heterocycles. The fraction of sp³-hybridized carbons (Fsp3) is 0.0667. The topological polar surface area (TPSA) is 38.3 Å². The molecule has 0 fully saturated rings. The van der Waals surface area contributed by atoms with E-state index in [1.807, 2.05) is 12.1 Å². The van der Waals surface area contributed by atoms with Crippen molar-refractivity contribution in [2.24, 2.45) is 0 Å². The number of hydrogen-bond donors (Lipinski definition) is 1. The Morgan fingerprint density at radius 2 is 1.78 bits per heavy atom. The van der Waals surface area contributed by atoms with Crippen LogP contribution < -0.4 is 10.1 Å². The van der Waals surface area contributed by atoms with Crippen LogP contribution in [0.1, 0.15) is 15.9 Å². The summed E-state index contributed by atoms with van der Waals surface area (Å²) in [5.41, 5.74) is 2.13. The van der Waals surface area contributed by atoms with E-state index in [2.05, 4.69) is 12.2 Å². The minimum absolute atomic E-state index is 0.167. The van der Waals surface area contributed by atoms with E-state index in [9.17, 15) is 4.79 Å². The molecule has 3 heteroatoms. The third-order valence-corrected chi connectivity index (χ3v) is 2.57. The smallest absolute Gasteiger partial charge is 0.255 e. The largest absolute Gasteiger partial charge is 0.495 e. The first kappa shape index (κ1) is 12.2. The van der Waals surface area contributed by atoms with Crippen molar-refractivity contribution in [3.05, 3.63) is 66.6 Å². The van der Waals surface area contributed by atoms with Crippen LogP contribution in [0.15, 0.2) is 48.5 Å². The summed E-state index contributed by atoms with van der Waals surface area (Å²) in [5, 5.41) is 2.81. The molecular formula is C15H14NO2. The number of rotatable bonds is 3. The van der Waals surface area contributed by atoms with Crippen LogP contribution in [0.5, 0.6) is 5.75 Å². The fourth-order valence-corrected chi connectivity index (χ4v) is 1.60. The Morgan fingerprint density at radius 3 is 2.44 bits per heavy atom. The fourth-order valence-electron chi connectivity index (χ4n) is 1.60. The summed E-state index contributed by atoms with van der Waals surface area (Å²) < 4.78 is 5.18. The van der Waals surface area contributed by atoms with Crippen LogP contribution >= 0.6 is 0 Å². The summed E-state index contributed by atoms with van der Waals surface area (Å²) in [6.45, 7) is 3.78. The zero-order valence-corrected chi connectivity index (χ0v) is 10.1. The lowest BCUT2D eigenvalue weighted by Crippen LogP contribution is -2.12. The van der Waals surface area contributed by atoms with Gasteiger partial charge in [0, 0.05) is 5.56 Å². The lowest BCUT2D eigenvalue weighted by Gasteiger charge is -2.09. The summed E-state index contributed by atoms with van der Waals surface area (Å²) in [6, 6.07) is 14.4. The van der Waals surface area contributed by atoms with Crippen LogP contribution in [0.25, 0.3) is 0 Å². The summed E-state index contributed by atoms with van der Waals surface area (Å²) in [5.74, 6) is 0.471. The molecule has 18 heavy (non-hydrogen) atoms. The molecule has 0 saturated carbocycles. The van der Waals surface area contributed by atoms with Gasteiger partial charge in [-0.25, -0.2) is 0 Å². The Kier molecular flexibility index (Phi) is 3.63. The van der Waals surface area contributed by atoms with Crippen LogP contribution in [0, 0.1) is 6.92 Å². The Labute approximate surface area is 106 Å². The molecule has 0 aliphatic heterocycles. The van der Waals surface area contributed by atoms with Crippen LogP contribution in [0.3, 0.4) is 0 Å². The normalized spacial score (nSPS) is 9.89. The lowest BCUT2D eigenvalue weighted by molar-refractivity contribution is 0.102. The van der Waals surface area contributed by atoms with Gasteiger partial charge in [0.1, 0.15) is 5.75 Å². The molecular weight excluding hydrogens is 226 g/mol. The van der Waals surface area contributed by atoms with Crippen molar-refractivity contribution in [2.45, 2.75) is 0 Å². The number of para-hydroxylation sites is 2. The molecule has 0 heterocycles. The molecule has 1 radical (unpaired) electrons. The maximum absolute atomic E-state index is 12.0. The number of benzene rings is 2. The van der Waals surface area contributed by atoms with E-state index in [1.54, 1.807) is 43.5 Å². The second kappa shape index (κ2) is 5.36. The Balaban J connectivity index is 2.18. The van der Waals surface area contributed by atoms with E-state index < -0.39 is 0 Å². The first-order valence-corrected chi connectivity index (χ1v) is 5.57. The zero-order valence-electron chi connectivity index (χ0n) is 10.1. The summed E-state index contributed by atoms with van der Waals surface area (Å²) in [4.78, 5) is 12.0. The average molecular weight is 240 g/mol. The van der Waals surface area contributed by atoms with E-state index in [4.69, 9.17) is 4.74 Å². The van der Waals surface area contributed by atoms with E-state index in [0.29, 0.717) is 17.0 Å². The number of ether oxygens (including phenoxy) is 1. The van der Waals surface area contributed by atoms with Crippen molar-refractivity contribution in [2.75, 3.05) is 12.4 Å². The highest BCUT2D eigenvalue weighted by Crippen LogP contribution is 2.23. The highest BCUT2D eigenvalue weighted by Gasteiger charge is 2.08. The van der Waals surface area contributed by atoms with Crippen LogP contribution in [0.4, 0.5) is 5.69 Å². The molecule has 0 aliphatic carbocycles. The lowest BCUT2D eigenvalue weighted by atomic mass is 10.1. The molecule has 3 nitrogen and oxygen atoms in total. The SMILES string of the molecule is [CH2]c1ccc(C(=O)Nc2ccccc2OC)cc1. The van der Waals surface area contributed by atoms with Gasteiger partial charge in [-0.2, -0.15) is 0 Å². The van der Waals surface area contributed by atoms with Gasteiger partial charge in [-0.15, -0.1) is 0 Å². The molecule has 91 valence electrons. The predicted molar refractivity (Wildman–Crippen MR) is 71.8 cm³/mol. The molecule has 2 rings (SSSR count). The van der Waals surface area contributed by atoms with E-state index in [-0.39, 0.29) is 5.91 Å². The monoisotopic (exact) mass is 240 g/mol. The third kappa shape index (κ3) is 2.69. The van der Waals surface area contributed by atoms with Gasteiger partial charge in [0.25, 0.3) is 5.91 Å². The first-order chi connectivity index (χ1) is 8.70. The Morgan fingerprint density at radius 1 is 1.11 bits per heavy atom. The number of carbonyl (C=O) groups excluding carboxylic acids is 1. The average Bonchev–Trinajstić information content (AvgIpc) is 2.40. The first-order valence-electron chi connectivity index (χ1n) is 5.57. The molecule has 1 amide bonds. The quantitative estimate of drug-likeness (QED) is 0.895. The maximum atomic E-state index is 12.0. The zero-order chi connectivity index (χ0) is 13.0. The van der Waals surface area contributed by atoms with Gasteiger partial charge in [0.2, 0.25) is 0 Å². The van der Waals surface area contributed by atoms with E-state index in [0.717, 1.165) is 5.56 Å². The maximum Gasteiger partial charge on any atom is 0.255 e. The van der Waals surface area contributed by atoms with E-state index in [1.165, 1.54) is 0 Å². The predicted octanol–water partition coefficient (Wildman–Crippen LogP) is 3.13. The summed E-state index contributed by atoms with van der Waals surface area (Å²) in [6.07, 6.45) is 0. The van der Waals surface area contributed by atoms with Crippen molar-refractivity contribution in [3.63, 3.8) is 0 Å². The molecule has 1 N–H and O–H groups in total. The molecule has 0 unspecified atom stereocenters. The standard InChI is InChI=1S/C15H14NO2/c1-11-7-9-12(10-8-11)15(17)16-13-5-3-4-6-14(13)18-2/h3-10H,1H2,2H3,(H,16,17). The van der Waals surface area contributed by atoms with Crippen molar-refractivity contribution in [1.82, 2.24) is 0 Å². The molecule has 0 saturated heterocycles. The van der Waals surface area contributed by atoms with Crippen molar-refractivity contribution in [3.8, 4) is 5.75 Å². The molecule has 0 spiro atoms. The minimum Gasteiger partial charge on any atom is -0.495 e. The van der Waals surface area contributed by atoms with Crippen molar-refractivity contribution in [1.29, 1.82) is 0 Å². The van der Waals surface area contributed by atoms with Gasteiger partial charge in [0.05, 0.1) is 12.8 Å².